The van der Waals surface area contributed by atoms with E-state index in [2.05, 4.69) is 10.4 Å². The maximum absolute atomic E-state index is 13.3. The first kappa shape index (κ1) is 18.8. The van der Waals surface area contributed by atoms with E-state index in [9.17, 15) is 18.6 Å². The summed E-state index contributed by atoms with van der Waals surface area (Å²) >= 11 is 0. The normalized spacial score (nSPS) is 16.1. The molecule has 7 heteroatoms. The Bertz CT molecular complexity index is 868. The fourth-order valence-electron chi connectivity index (χ4n) is 2.68. The van der Waals surface area contributed by atoms with E-state index in [-0.39, 0.29) is 16.7 Å². The molecule has 2 aromatic carbocycles. The van der Waals surface area contributed by atoms with Crippen molar-refractivity contribution in [3.63, 3.8) is 0 Å². The molecule has 5 nitrogen and oxygen atoms in total. The summed E-state index contributed by atoms with van der Waals surface area (Å²) in [6.07, 6.45) is 3.26. The first-order valence-electron chi connectivity index (χ1n) is 8.61. The molecule has 0 bridgehead atoms. The van der Waals surface area contributed by atoms with Crippen LogP contribution in [-0.4, -0.2) is 17.3 Å². The van der Waals surface area contributed by atoms with Crippen molar-refractivity contribution >= 4 is 24.4 Å². The maximum atomic E-state index is 13.3. The zero-order valence-corrected chi connectivity index (χ0v) is 15.4. The fourth-order valence-corrected chi connectivity index (χ4v) is 3.90. The molecule has 1 fully saturated rings. The molecule has 1 aliphatic carbocycles. The summed E-state index contributed by atoms with van der Waals surface area (Å²) in [5, 5.41) is 5.58. The third-order valence-electron chi connectivity index (χ3n) is 4.45. The van der Waals surface area contributed by atoms with E-state index in [4.69, 9.17) is 0 Å². The molecule has 0 radical (unpaired) electrons. The monoisotopic (exact) mass is 376 g/mol. The van der Waals surface area contributed by atoms with Crippen LogP contribution >= 0.6 is 7.52 Å². The van der Waals surface area contributed by atoms with Crippen LogP contribution in [0.4, 0.5) is 10.1 Å². The van der Waals surface area contributed by atoms with Crippen molar-refractivity contribution in [2.24, 2.45) is 5.92 Å². The predicted octanol–water partition coefficient (Wildman–Crippen LogP) is 3.59. The van der Waals surface area contributed by atoms with E-state index >= 15 is 0 Å². The van der Waals surface area contributed by atoms with Crippen LogP contribution in [0.25, 0.3) is 0 Å². The summed E-state index contributed by atoms with van der Waals surface area (Å²) in [5.74, 6) is -0.0990. The first-order chi connectivity index (χ1) is 12.3. The largest absolute Gasteiger partial charge is 0.330 e. The van der Waals surface area contributed by atoms with E-state index < -0.39 is 13.4 Å². The lowest BCUT2D eigenvalue weighted by Crippen LogP contribution is -2.22. The number of carbonyl (C=O) groups excluding carboxylic acids is 1. The van der Waals surface area contributed by atoms with E-state index in [0.717, 1.165) is 6.42 Å². The average Bonchev–Trinajstić information content (AvgIpc) is 3.42. The van der Waals surface area contributed by atoms with Gasteiger partial charge in [0, 0.05) is 17.8 Å². The molecule has 1 atom stereocenters. The summed E-state index contributed by atoms with van der Waals surface area (Å²) < 4.78 is 25.8. The minimum Gasteiger partial charge on any atom is -0.330 e. The van der Waals surface area contributed by atoms with Gasteiger partial charge in [-0.1, -0.05) is 18.9 Å². The summed E-state index contributed by atoms with van der Waals surface area (Å²) in [7, 11) is -3.72. The number of benzene rings is 2. The van der Waals surface area contributed by atoms with Crippen molar-refractivity contribution in [1.29, 1.82) is 0 Å². The summed E-state index contributed by atoms with van der Waals surface area (Å²) in [6.45, 7) is 2.09. The Morgan fingerprint density at radius 3 is 2.73 bits per heavy atom. The van der Waals surface area contributed by atoms with E-state index in [1.54, 1.807) is 19.1 Å². The Kier molecular flexibility index (Phi) is 5.56. The molecule has 3 N–H and O–H groups in total. The van der Waals surface area contributed by atoms with Gasteiger partial charge in [0.1, 0.15) is 5.82 Å². The van der Waals surface area contributed by atoms with Gasteiger partial charge >= 0.3 is 0 Å². The Balaban J connectivity index is 1.69. The molecule has 1 aliphatic rings. The second-order valence-electron chi connectivity index (χ2n) is 6.68. The lowest BCUT2D eigenvalue weighted by molar-refractivity contribution is 0.102. The molecule has 0 aliphatic heterocycles. The smallest absolute Gasteiger partial charge is 0.297 e. The standard InChI is InChI=1S/C19H22FN2O3P/c1-13-11-16(7-8-18(13)20)22-19(23)15-3-2-4-17(12-15)26(24,25)21-10-9-14-5-6-14/h2-4,7-8,11-12,14H,5-6,9-10H2,1H3,(H,22,23)(H2,21,24,25). The van der Waals surface area contributed by atoms with Gasteiger partial charge < -0.3 is 10.2 Å². The Hall–Kier alpha value is -2.01. The SMILES string of the molecule is Cc1cc(NC(=O)c2cccc(P(=O)(O)NCCC3CC3)c2)ccc1F. The molecule has 2 aromatic rings. The van der Waals surface area contributed by atoms with Gasteiger partial charge in [-0.3, -0.25) is 9.36 Å². The molecule has 1 amide bonds. The van der Waals surface area contributed by atoms with Gasteiger partial charge in [0.2, 0.25) is 0 Å². The molecule has 3 rings (SSSR count). The number of aryl methyl sites for hydroxylation is 1. The van der Waals surface area contributed by atoms with Crippen molar-refractivity contribution in [2.45, 2.75) is 26.2 Å². The third-order valence-corrected chi connectivity index (χ3v) is 6.08. The highest BCUT2D eigenvalue weighted by molar-refractivity contribution is 7.64. The van der Waals surface area contributed by atoms with Crippen molar-refractivity contribution in [3.05, 3.63) is 59.4 Å². The van der Waals surface area contributed by atoms with Gasteiger partial charge in [-0.25, -0.2) is 9.48 Å². The van der Waals surface area contributed by atoms with Crippen LogP contribution in [0.1, 0.15) is 35.2 Å². The van der Waals surface area contributed by atoms with Crippen molar-refractivity contribution in [1.82, 2.24) is 5.09 Å². The lowest BCUT2D eigenvalue weighted by atomic mass is 10.2. The lowest BCUT2D eigenvalue weighted by Gasteiger charge is -2.14. The van der Waals surface area contributed by atoms with Crippen molar-refractivity contribution in [2.75, 3.05) is 11.9 Å². The number of hydrogen-bond acceptors (Lipinski definition) is 2. The Labute approximate surface area is 152 Å². The molecule has 1 saturated carbocycles. The molecule has 26 heavy (non-hydrogen) atoms. The Morgan fingerprint density at radius 2 is 2.04 bits per heavy atom. The zero-order chi connectivity index (χ0) is 18.7. The van der Waals surface area contributed by atoms with Gasteiger partial charge in [0.25, 0.3) is 13.4 Å². The molecule has 0 aromatic heterocycles. The van der Waals surface area contributed by atoms with Crippen LogP contribution < -0.4 is 15.7 Å². The predicted molar refractivity (Wildman–Crippen MR) is 100 cm³/mol. The molecule has 0 spiro atoms. The molecule has 0 saturated heterocycles. The second-order valence-corrected chi connectivity index (χ2v) is 8.67. The molecule has 138 valence electrons. The van der Waals surface area contributed by atoms with Gasteiger partial charge in [0.15, 0.2) is 0 Å². The fraction of sp³-hybridized carbons (Fsp3) is 0.316. The van der Waals surface area contributed by atoms with E-state index in [1.807, 2.05) is 0 Å². The second kappa shape index (κ2) is 7.70. The first-order valence-corrected chi connectivity index (χ1v) is 10.3. The summed E-state index contributed by atoms with van der Waals surface area (Å²) in [6, 6.07) is 10.4. The molecule has 0 heterocycles. The zero-order valence-electron chi connectivity index (χ0n) is 14.5. The van der Waals surface area contributed by atoms with Crippen LogP contribution in [0.5, 0.6) is 0 Å². The number of rotatable bonds is 7. The highest BCUT2D eigenvalue weighted by atomic mass is 31.2. The topological polar surface area (TPSA) is 78.4 Å². The van der Waals surface area contributed by atoms with Gasteiger partial charge in [-0.05, 0) is 61.2 Å². The van der Waals surface area contributed by atoms with Crippen LogP contribution in [0.15, 0.2) is 42.5 Å². The summed E-state index contributed by atoms with van der Waals surface area (Å²) in [5.41, 5.74) is 1.16. The number of carbonyl (C=O) groups is 1. The van der Waals surface area contributed by atoms with E-state index in [1.165, 1.54) is 43.2 Å². The van der Waals surface area contributed by atoms with Gasteiger partial charge in [0.05, 0.1) is 5.30 Å². The maximum Gasteiger partial charge on any atom is 0.297 e. The summed E-state index contributed by atoms with van der Waals surface area (Å²) in [4.78, 5) is 22.7. The third kappa shape index (κ3) is 4.79. The molecular weight excluding hydrogens is 354 g/mol. The van der Waals surface area contributed by atoms with Crippen molar-refractivity contribution in [3.8, 4) is 0 Å². The minimum absolute atomic E-state index is 0.191. The van der Waals surface area contributed by atoms with Crippen LogP contribution in [0.3, 0.4) is 0 Å². The van der Waals surface area contributed by atoms with Gasteiger partial charge in [-0.2, -0.15) is 0 Å². The molecule has 1 unspecified atom stereocenters. The van der Waals surface area contributed by atoms with Gasteiger partial charge in [-0.15, -0.1) is 0 Å². The Morgan fingerprint density at radius 1 is 1.27 bits per heavy atom. The average molecular weight is 376 g/mol. The quantitative estimate of drug-likeness (QED) is 0.646. The van der Waals surface area contributed by atoms with Crippen molar-refractivity contribution < 1.29 is 18.6 Å². The highest BCUT2D eigenvalue weighted by Gasteiger charge is 2.25. The minimum atomic E-state index is -3.72. The molecular formula is C19H22FN2O3P. The number of hydrogen-bond donors (Lipinski definition) is 3. The van der Waals surface area contributed by atoms with E-state index in [0.29, 0.717) is 23.7 Å². The number of anilines is 1. The van der Waals surface area contributed by atoms with Crippen LogP contribution in [0, 0.1) is 18.7 Å². The highest BCUT2D eigenvalue weighted by Crippen LogP contribution is 2.36. The van der Waals surface area contributed by atoms with Crippen LogP contribution in [-0.2, 0) is 4.57 Å². The number of halogens is 1. The number of nitrogens with one attached hydrogen (secondary N) is 2. The van der Waals surface area contributed by atoms with Crippen LogP contribution in [0.2, 0.25) is 0 Å². The number of amides is 1.